The Hall–Kier alpha value is -2.37. The molecule has 1 atom stereocenters. The zero-order valence-corrected chi connectivity index (χ0v) is 12.8. The fourth-order valence-electron chi connectivity index (χ4n) is 2.96. The zero-order chi connectivity index (χ0) is 16.0. The lowest BCUT2D eigenvalue weighted by molar-refractivity contribution is -0.135. The summed E-state index contributed by atoms with van der Waals surface area (Å²) in [5, 5.41) is 2.28. The van der Waals surface area contributed by atoms with Crippen LogP contribution in [0.25, 0.3) is 11.1 Å². The number of hydrogen-bond acceptors (Lipinski definition) is 4. The molecular formula is C16H18N2O4. The van der Waals surface area contributed by atoms with Crippen LogP contribution in [0.4, 0.5) is 0 Å². The number of carbonyl (C=O) groups excluding carboxylic acids is 2. The molecule has 2 aromatic rings. The number of aryl methyl sites for hydroxylation is 1. The minimum absolute atomic E-state index is 0.197. The van der Waals surface area contributed by atoms with Crippen molar-refractivity contribution in [2.75, 3.05) is 0 Å². The SMILES string of the molecule is Cc1cc(C(C)C)c2oc(=O)n(C3CCC(=O)NC3=O)c2c1. The van der Waals surface area contributed by atoms with Gasteiger partial charge in [-0.1, -0.05) is 19.9 Å². The van der Waals surface area contributed by atoms with Crippen LogP contribution in [0, 0.1) is 6.92 Å². The van der Waals surface area contributed by atoms with Gasteiger partial charge in [-0.15, -0.1) is 0 Å². The van der Waals surface area contributed by atoms with E-state index < -0.39 is 17.7 Å². The van der Waals surface area contributed by atoms with Crippen LogP contribution in [-0.4, -0.2) is 16.4 Å². The van der Waals surface area contributed by atoms with Crippen LogP contribution in [0.15, 0.2) is 21.3 Å². The minimum Gasteiger partial charge on any atom is -0.407 e. The largest absolute Gasteiger partial charge is 0.420 e. The number of benzene rings is 1. The number of nitrogens with zero attached hydrogens (tertiary/aromatic N) is 1. The molecule has 3 rings (SSSR count). The molecule has 1 saturated heterocycles. The Morgan fingerprint density at radius 1 is 1.27 bits per heavy atom. The highest BCUT2D eigenvalue weighted by molar-refractivity contribution is 6.00. The van der Waals surface area contributed by atoms with Crippen LogP contribution in [0.3, 0.4) is 0 Å². The Bertz CT molecular complexity index is 829. The van der Waals surface area contributed by atoms with Crippen molar-refractivity contribution in [3.8, 4) is 0 Å². The molecule has 116 valence electrons. The van der Waals surface area contributed by atoms with Gasteiger partial charge >= 0.3 is 5.76 Å². The number of carbonyl (C=O) groups is 2. The Labute approximate surface area is 127 Å². The number of nitrogens with one attached hydrogen (secondary N) is 1. The van der Waals surface area contributed by atoms with Crippen LogP contribution < -0.4 is 11.1 Å². The van der Waals surface area contributed by atoms with E-state index in [1.165, 1.54) is 4.57 Å². The molecule has 1 N–H and O–H groups in total. The van der Waals surface area contributed by atoms with Crippen molar-refractivity contribution in [2.24, 2.45) is 0 Å². The van der Waals surface area contributed by atoms with E-state index in [9.17, 15) is 14.4 Å². The van der Waals surface area contributed by atoms with E-state index in [4.69, 9.17) is 4.42 Å². The van der Waals surface area contributed by atoms with E-state index in [0.717, 1.165) is 11.1 Å². The predicted octanol–water partition coefficient (Wildman–Crippen LogP) is 2.00. The van der Waals surface area contributed by atoms with Gasteiger partial charge in [0.1, 0.15) is 6.04 Å². The summed E-state index contributed by atoms with van der Waals surface area (Å²) in [5.41, 5.74) is 3.08. The number of aromatic nitrogens is 1. The van der Waals surface area contributed by atoms with Crippen molar-refractivity contribution in [1.82, 2.24) is 9.88 Å². The maximum Gasteiger partial charge on any atom is 0.420 e. The van der Waals surface area contributed by atoms with Crippen LogP contribution in [0.2, 0.25) is 0 Å². The number of piperidine rings is 1. The molecule has 1 fully saturated rings. The molecule has 1 aromatic carbocycles. The number of rotatable bonds is 2. The van der Waals surface area contributed by atoms with Gasteiger partial charge in [0.2, 0.25) is 11.8 Å². The molecule has 0 aliphatic carbocycles. The highest BCUT2D eigenvalue weighted by Gasteiger charge is 2.31. The van der Waals surface area contributed by atoms with Crippen LogP contribution >= 0.6 is 0 Å². The first-order valence-electron chi connectivity index (χ1n) is 7.37. The fraction of sp³-hybridized carbons (Fsp3) is 0.438. The van der Waals surface area contributed by atoms with Crippen molar-refractivity contribution in [3.05, 3.63) is 33.8 Å². The quantitative estimate of drug-likeness (QED) is 0.860. The summed E-state index contributed by atoms with van der Waals surface area (Å²) in [4.78, 5) is 35.6. The molecular weight excluding hydrogens is 284 g/mol. The average Bonchev–Trinajstić information content (AvgIpc) is 2.74. The van der Waals surface area contributed by atoms with Gasteiger partial charge in [-0.25, -0.2) is 4.79 Å². The summed E-state index contributed by atoms with van der Waals surface area (Å²) in [5.74, 6) is -1.12. The van der Waals surface area contributed by atoms with E-state index in [1.807, 2.05) is 32.9 Å². The number of amides is 2. The number of fused-ring (bicyclic) bond motifs is 1. The van der Waals surface area contributed by atoms with E-state index >= 15 is 0 Å². The predicted molar refractivity (Wildman–Crippen MR) is 80.7 cm³/mol. The first kappa shape index (κ1) is 14.6. The third kappa shape index (κ3) is 2.24. The number of oxazole rings is 1. The second-order valence-corrected chi connectivity index (χ2v) is 6.06. The van der Waals surface area contributed by atoms with Gasteiger partial charge in [0.15, 0.2) is 5.58 Å². The molecule has 6 nitrogen and oxygen atoms in total. The van der Waals surface area contributed by atoms with Crippen molar-refractivity contribution >= 4 is 22.9 Å². The molecule has 0 spiro atoms. The van der Waals surface area contributed by atoms with Gasteiger partial charge < -0.3 is 4.42 Å². The second-order valence-electron chi connectivity index (χ2n) is 6.06. The molecule has 2 heterocycles. The normalized spacial score (nSPS) is 19.0. The Morgan fingerprint density at radius 3 is 2.64 bits per heavy atom. The average molecular weight is 302 g/mol. The van der Waals surface area contributed by atoms with Gasteiger partial charge in [0.25, 0.3) is 0 Å². The monoisotopic (exact) mass is 302 g/mol. The summed E-state index contributed by atoms with van der Waals surface area (Å²) in [6.45, 7) is 5.99. The molecule has 1 aliphatic heterocycles. The zero-order valence-electron chi connectivity index (χ0n) is 12.8. The molecule has 6 heteroatoms. The third-order valence-electron chi connectivity index (χ3n) is 4.03. The molecule has 0 saturated carbocycles. The smallest absolute Gasteiger partial charge is 0.407 e. The first-order valence-corrected chi connectivity index (χ1v) is 7.37. The molecule has 22 heavy (non-hydrogen) atoms. The maximum absolute atomic E-state index is 12.3. The molecule has 1 aromatic heterocycles. The number of imide groups is 1. The fourth-order valence-corrected chi connectivity index (χ4v) is 2.96. The van der Waals surface area contributed by atoms with E-state index in [-0.39, 0.29) is 18.2 Å². The number of hydrogen-bond donors (Lipinski definition) is 1. The van der Waals surface area contributed by atoms with Crippen molar-refractivity contribution in [3.63, 3.8) is 0 Å². The lowest BCUT2D eigenvalue weighted by Gasteiger charge is -2.21. The van der Waals surface area contributed by atoms with Gasteiger partial charge in [-0.05, 0) is 36.5 Å². The van der Waals surface area contributed by atoms with Crippen LogP contribution in [0.1, 0.15) is 49.8 Å². The molecule has 1 aliphatic rings. The van der Waals surface area contributed by atoms with Crippen molar-refractivity contribution in [2.45, 2.75) is 45.6 Å². The van der Waals surface area contributed by atoms with Gasteiger partial charge in [0, 0.05) is 6.42 Å². The first-order chi connectivity index (χ1) is 10.4. The van der Waals surface area contributed by atoms with E-state index in [0.29, 0.717) is 17.5 Å². The Balaban J connectivity index is 2.22. The molecule has 1 unspecified atom stereocenters. The highest BCUT2D eigenvalue weighted by atomic mass is 16.4. The van der Waals surface area contributed by atoms with Crippen molar-refractivity contribution < 1.29 is 14.0 Å². The van der Waals surface area contributed by atoms with Crippen LogP contribution in [0.5, 0.6) is 0 Å². The Morgan fingerprint density at radius 2 is 2.00 bits per heavy atom. The molecule has 2 amide bonds. The topological polar surface area (TPSA) is 81.3 Å². The lowest BCUT2D eigenvalue weighted by atomic mass is 9.99. The third-order valence-corrected chi connectivity index (χ3v) is 4.03. The highest BCUT2D eigenvalue weighted by Crippen LogP contribution is 2.29. The molecule has 0 bridgehead atoms. The standard InChI is InChI=1S/C16H18N2O4/c1-8(2)10-6-9(3)7-12-14(10)22-16(21)18(12)11-4-5-13(19)17-15(11)20/h6-8,11H,4-5H2,1-3H3,(H,17,19,20). The lowest BCUT2D eigenvalue weighted by Crippen LogP contribution is -2.43. The van der Waals surface area contributed by atoms with Gasteiger partial charge in [-0.2, -0.15) is 0 Å². The maximum atomic E-state index is 12.3. The minimum atomic E-state index is -0.701. The van der Waals surface area contributed by atoms with E-state index in [2.05, 4.69) is 5.32 Å². The van der Waals surface area contributed by atoms with Gasteiger partial charge in [0.05, 0.1) is 5.52 Å². The molecule has 0 radical (unpaired) electrons. The summed E-state index contributed by atoms with van der Waals surface area (Å²) in [7, 11) is 0. The van der Waals surface area contributed by atoms with Gasteiger partial charge in [-0.3, -0.25) is 19.5 Å². The Kier molecular flexibility index (Phi) is 3.39. The summed E-state index contributed by atoms with van der Waals surface area (Å²) in [6.07, 6.45) is 0.530. The van der Waals surface area contributed by atoms with Crippen LogP contribution in [-0.2, 0) is 9.59 Å². The summed E-state index contributed by atoms with van der Waals surface area (Å²) < 4.78 is 6.79. The second kappa shape index (κ2) is 5.12. The summed E-state index contributed by atoms with van der Waals surface area (Å²) >= 11 is 0. The van der Waals surface area contributed by atoms with Crippen molar-refractivity contribution in [1.29, 1.82) is 0 Å². The van der Waals surface area contributed by atoms with E-state index in [1.54, 1.807) is 0 Å². The summed E-state index contributed by atoms with van der Waals surface area (Å²) in [6, 6.07) is 3.13.